The van der Waals surface area contributed by atoms with E-state index in [1.54, 1.807) is 10.9 Å². The molecule has 3 nitrogen and oxygen atoms in total. The predicted molar refractivity (Wildman–Crippen MR) is 59.4 cm³/mol. The number of rotatable bonds is 3. The molecule has 0 spiro atoms. The van der Waals surface area contributed by atoms with Crippen molar-refractivity contribution in [3.63, 3.8) is 0 Å². The minimum absolute atomic E-state index is 0.114. The fraction of sp³-hybridized carbons (Fsp3) is 0.750. The first-order valence-corrected chi connectivity index (χ1v) is 5.84. The van der Waals surface area contributed by atoms with Crippen molar-refractivity contribution >= 4 is 0 Å². The number of hydrogen-bond acceptors (Lipinski definition) is 2. The summed E-state index contributed by atoms with van der Waals surface area (Å²) in [6, 6.07) is 0. The Bertz CT molecular complexity index is 326. The van der Waals surface area contributed by atoms with Gasteiger partial charge in [0, 0.05) is 24.2 Å². The number of hydrogen-bond donors (Lipinski definition) is 1. The van der Waals surface area contributed by atoms with Crippen molar-refractivity contribution in [2.24, 2.45) is 12.5 Å². The van der Waals surface area contributed by atoms with Crippen molar-refractivity contribution in [1.29, 1.82) is 0 Å². The summed E-state index contributed by atoms with van der Waals surface area (Å²) in [6.07, 6.45) is 9.26. The zero-order valence-electron chi connectivity index (χ0n) is 9.61. The largest absolute Gasteiger partial charge is 0.388 e. The average molecular weight is 208 g/mol. The van der Waals surface area contributed by atoms with Crippen LogP contribution in [0.3, 0.4) is 0 Å². The van der Waals surface area contributed by atoms with E-state index in [-0.39, 0.29) is 11.5 Å². The molecule has 0 radical (unpaired) electrons. The Balaban J connectivity index is 2.21. The molecule has 15 heavy (non-hydrogen) atoms. The number of aliphatic hydroxyl groups is 1. The van der Waals surface area contributed by atoms with Gasteiger partial charge in [-0.3, -0.25) is 4.68 Å². The second-order valence-corrected chi connectivity index (χ2v) is 4.77. The fourth-order valence-electron chi connectivity index (χ4n) is 2.83. The predicted octanol–water partition coefficient (Wildman–Crippen LogP) is 2.42. The first-order valence-electron chi connectivity index (χ1n) is 5.84. The molecule has 1 heterocycles. The number of nitrogens with zero attached hydrogens (tertiary/aromatic N) is 2. The molecular formula is C12H20N2O. The van der Waals surface area contributed by atoms with Crippen LogP contribution < -0.4 is 0 Å². The summed E-state index contributed by atoms with van der Waals surface area (Å²) in [7, 11) is 1.89. The lowest BCUT2D eigenvalue weighted by Gasteiger charge is -2.32. The van der Waals surface area contributed by atoms with Crippen molar-refractivity contribution in [2.45, 2.75) is 45.1 Å². The Hall–Kier alpha value is -0.830. The van der Waals surface area contributed by atoms with E-state index in [1.165, 1.54) is 12.8 Å². The maximum Gasteiger partial charge on any atom is 0.0876 e. The lowest BCUT2D eigenvalue weighted by atomic mass is 9.76. The van der Waals surface area contributed by atoms with Crippen molar-refractivity contribution < 1.29 is 5.11 Å². The molecule has 0 amide bonds. The molecule has 84 valence electrons. The van der Waals surface area contributed by atoms with E-state index < -0.39 is 0 Å². The minimum atomic E-state index is -0.335. The van der Waals surface area contributed by atoms with Gasteiger partial charge in [-0.25, -0.2) is 0 Å². The van der Waals surface area contributed by atoms with Crippen LogP contribution in [0.1, 0.15) is 50.7 Å². The van der Waals surface area contributed by atoms with Crippen molar-refractivity contribution in [1.82, 2.24) is 9.78 Å². The van der Waals surface area contributed by atoms with Crippen LogP contribution in [-0.2, 0) is 7.05 Å². The fourth-order valence-corrected chi connectivity index (χ4v) is 2.83. The molecule has 1 fully saturated rings. The normalized spacial score (nSPS) is 21.8. The van der Waals surface area contributed by atoms with E-state index in [0.29, 0.717) is 0 Å². The molecule has 1 unspecified atom stereocenters. The van der Waals surface area contributed by atoms with Gasteiger partial charge in [-0.1, -0.05) is 19.8 Å². The standard InChI is InChI=1S/C12H20N2O/c1-3-12(6-4-5-7-12)11(15)10-8-13-14(2)9-10/h8-9,11,15H,3-7H2,1-2H3. The van der Waals surface area contributed by atoms with Crippen LogP contribution in [0.25, 0.3) is 0 Å². The Morgan fingerprint density at radius 3 is 2.67 bits per heavy atom. The zero-order chi connectivity index (χ0) is 10.9. The summed E-state index contributed by atoms with van der Waals surface area (Å²) in [5, 5.41) is 14.6. The molecule has 3 heteroatoms. The monoisotopic (exact) mass is 208 g/mol. The zero-order valence-corrected chi connectivity index (χ0v) is 9.61. The maximum absolute atomic E-state index is 10.4. The van der Waals surface area contributed by atoms with E-state index in [9.17, 15) is 5.11 Å². The van der Waals surface area contributed by atoms with Gasteiger partial charge >= 0.3 is 0 Å². The molecule has 2 rings (SSSR count). The van der Waals surface area contributed by atoms with Crippen LogP contribution >= 0.6 is 0 Å². The highest BCUT2D eigenvalue weighted by Crippen LogP contribution is 2.49. The van der Waals surface area contributed by atoms with Gasteiger partial charge in [0.1, 0.15) is 0 Å². The van der Waals surface area contributed by atoms with Gasteiger partial charge in [0.05, 0.1) is 12.3 Å². The topological polar surface area (TPSA) is 38.1 Å². The molecule has 1 aromatic heterocycles. The summed E-state index contributed by atoms with van der Waals surface area (Å²) < 4.78 is 1.76. The lowest BCUT2D eigenvalue weighted by Crippen LogP contribution is -2.24. The Labute approximate surface area is 91.1 Å². The number of aryl methyl sites for hydroxylation is 1. The lowest BCUT2D eigenvalue weighted by molar-refractivity contribution is 0.0237. The van der Waals surface area contributed by atoms with Crippen molar-refractivity contribution in [3.8, 4) is 0 Å². The van der Waals surface area contributed by atoms with Crippen LogP contribution in [-0.4, -0.2) is 14.9 Å². The summed E-state index contributed by atoms with van der Waals surface area (Å²) >= 11 is 0. The van der Waals surface area contributed by atoms with Gasteiger partial charge in [0.2, 0.25) is 0 Å². The molecule has 1 atom stereocenters. The minimum Gasteiger partial charge on any atom is -0.388 e. The third kappa shape index (κ3) is 1.81. The molecule has 1 aliphatic rings. The third-order valence-corrected chi connectivity index (χ3v) is 3.92. The SMILES string of the molecule is CCC1(C(O)c2cnn(C)c2)CCCC1. The van der Waals surface area contributed by atoms with Crippen molar-refractivity contribution in [2.75, 3.05) is 0 Å². The molecule has 0 bridgehead atoms. The van der Waals surface area contributed by atoms with Crippen molar-refractivity contribution in [3.05, 3.63) is 18.0 Å². The molecule has 1 N–H and O–H groups in total. The van der Waals surface area contributed by atoms with Gasteiger partial charge in [-0.2, -0.15) is 5.10 Å². The van der Waals surface area contributed by atoms with Gasteiger partial charge in [0.25, 0.3) is 0 Å². The van der Waals surface area contributed by atoms with Gasteiger partial charge < -0.3 is 5.11 Å². The van der Waals surface area contributed by atoms with Crippen LogP contribution in [0.5, 0.6) is 0 Å². The first-order chi connectivity index (χ1) is 7.18. The highest BCUT2D eigenvalue weighted by molar-refractivity contribution is 5.13. The molecule has 1 aliphatic carbocycles. The molecule has 1 aromatic rings. The smallest absolute Gasteiger partial charge is 0.0876 e. The summed E-state index contributed by atoms with van der Waals surface area (Å²) in [5.41, 5.74) is 1.09. The Morgan fingerprint density at radius 2 is 2.20 bits per heavy atom. The van der Waals surface area contributed by atoms with Crippen LogP contribution in [0, 0.1) is 5.41 Å². The van der Waals surface area contributed by atoms with E-state index in [1.807, 2.05) is 13.2 Å². The Morgan fingerprint density at radius 1 is 1.53 bits per heavy atom. The van der Waals surface area contributed by atoms with Crippen LogP contribution in [0.4, 0.5) is 0 Å². The van der Waals surface area contributed by atoms with E-state index in [4.69, 9.17) is 0 Å². The summed E-state index contributed by atoms with van der Waals surface area (Å²) in [5.74, 6) is 0. The van der Waals surface area contributed by atoms with Crippen LogP contribution in [0.15, 0.2) is 12.4 Å². The van der Waals surface area contributed by atoms with Gasteiger partial charge in [0.15, 0.2) is 0 Å². The van der Waals surface area contributed by atoms with Crippen LogP contribution in [0.2, 0.25) is 0 Å². The maximum atomic E-state index is 10.4. The second kappa shape index (κ2) is 3.97. The number of aliphatic hydroxyl groups excluding tert-OH is 1. The first kappa shape index (κ1) is 10.7. The molecule has 0 saturated heterocycles. The highest BCUT2D eigenvalue weighted by Gasteiger charge is 2.39. The van der Waals surface area contributed by atoms with Gasteiger partial charge in [-0.05, 0) is 19.3 Å². The molecular weight excluding hydrogens is 188 g/mol. The highest BCUT2D eigenvalue weighted by atomic mass is 16.3. The second-order valence-electron chi connectivity index (χ2n) is 4.77. The Kier molecular flexibility index (Phi) is 2.83. The third-order valence-electron chi connectivity index (χ3n) is 3.92. The van der Waals surface area contributed by atoms with E-state index in [0.717, 1.165) is 24.8 Å². The summed E-state index contributed by atoms with van der Waals surface area (Å²) in [4.78, 5) is 0. The molecule has 1 saturated carbocycles. The van der Waals surface area contributed by atoms with E-state index >= 15 is 0 Å². The molecule has 0 aromatic carbocycles. The average Bonchev–Trinajstić information content (AvgIpc) is 2.86. The van der Waals surface area contributed by atoms with E-state index in [2.05, 4.69) is 12.0 Å². The number of aromatic nitrogens is 2. The van der Waals surface area contributed by atoms with Gasteiger partial charge in [-0.15, -0.1) is 0 Å². The summed E-state index contributed by atoms with van der Waals surface area (Å²) in [6.45, 7) is 2.19. The molecule has 0 aliphatic heterocycles. The quantitative estimate of drug-likeness (QED) is 0.828.